The van der Waals surface area contributed by atoms with Gasteiger partial charge in [-0.3, -0.25) is 4.68 Å². The maximum Gasteiger partial charge on any atom is 0.177 e. The highest BCUT2D eigenvalue weighted by Crippen LogP contribution is 2.11. The maximum absolute atomic E-state index is 5.77. The molecule has 0 fully saturated rings. The second-order valence-corrected chi connectivity index (χ2v) is 3.21. The summed E-state index contributed by atoms with van der Waals surface area (Å²) in [6.45, 7) is 1.89. The minimum absolute atomic E-state index is 0.105. The lowest BCUT2D eigenvalue weighted by Crippen LogP contribution is -2.12. The molecule has 0 saturated carbocycles. The van der Waals surface area contributed by atoms with Crippen LogP contribution in [0.3, 0.4) is 0 Å². The van der Waals surface area contributed by atoms with E-state index < -0.39 is 0 Å². The van der Waals surface area contributed by atoms with E-state index in [1.54, 1.807) is 15.6 Å². The van der Waals surface area contributed by atoms with Crippen LogP contribution in [0.2, 0.25) is 0 Å². The number of hydrogen-bond acceptors (Lipinski definition) is 4. The molecule has 6 nitrogen and oxygen atoms in total. The Balaban J connectivity index is 2.46. The summed E-state index contributed by atoms with van der Waals surface area (Å²) in [6.07, 6.45) is 3.50. The molecule has 0 aliphatic rings. The molecule has 14 heavy (non-hydrogen) atoms. The van der Waals surface area contributed by atoms with Crippen molar-refractivity contribution in [2.45, 2.75) is 13.0 Å². The van der Waals surface area contributed by atoms with Crippen LogP contribution in [0, 0.1) is 0 Å². The Hall–Kier alpha value is -1.69. The van der Waals surface area contributed by atoms with Crippen LogP contribution in [-0.2, 0) is 7.05 Å². The van der Waals surface area contributed by atoms with Gasteiger partial charge in [0.05, 0.1) is 11.9 Å². The number of rotatable bonds is 2. The van der Waals surface area contributed by atoms with Crippen molar-refractivity contribution in [3.8, 4) is 5.82 Å². The van der Waals surface area contributed by atoms with Crippen LogP contribution in [-0.4, -0.2) is 24.8 Å². The molecule has 2 N–H and O–H groups in total. The molecule has 6 heteroatoms. The number of nitrogens with zero attached hydrogens (tertiary/aromatic N) is 5. The minimum Gasteiger partial charge on any atom is -0.323 e. The lowest BCUT2D eigenvalue weighted by Gasteiger charge is -2.04. The van der Waals surface area contributed by atoms with Crippen LogP contribution in [0.1, 0.15) is 18.7 Å². The highest BCUT2D eigenvalue weighted by molar-refractivity contribution is 5.21. The first kappa shape index (κ1) is 8.89. The second-order valence-electron chi connectivity index (χ2n) is 3.21. The lowest BCUT2D eigenvalue weighted by atomic mass is 10.3. The normalized spacial score (nSPS) is 13.1. The van der Waals surface area contributed by atoms with Crippen LogP contribution in [0.25, 0.3) is 5.82 Å². The molecule has 0 bridgehead atoms. The van der Waals surface area contributed by atoms with Crippen LogP contribution >= 0.6 is 0 Å². The summed E-state index contributed by atoms with van der Waals surface area (Å²) in [6, 6.07) is 1.76. The topological polar surface area (TPSA) is 74.5 Å². The Morgan fingerprint density at radius 1 is 1.50 bits per heavy atom. The molecule has 0 radical (unpaired) electrons. The molecule has 0 saturated heterocycles. The van der Waals surface area contributed by atoms with E-state index in [1.807, 2.05) is 26.2 Å². The number of hydrogen-bond donors (Lipinski definition) is 1. The van der Waals surface area contributed by atoms with E-state index in [2.05, 4.69) is 15.4 Å². The van der Waals surface area contributed by atoms with Gasteiger partial charge in [0.15, 0.2) is 5.82 Å². The maximum atomic E-state index is 5.77. The van der Waals surface area contributed by atoms with E-state index in [4.69, 9.17) is 5.73 Å². The Morgan fingerprint density at radius 3 is 2.86 bits per heavy atom. The minimum atomic E-state index is -0.105. The van der Waals surface area contributed by atoms with E-state index in [0.717, 1.165) is 11.5 Å². The van der Waals surface area contributed by atoms with Crippen LogP contribution in [0.5, 0.6) is 0 Å². The third-order valence-electron chi connectivity index (χ3n) is 1.96. The average molecular weight is 192 g/mol. The van der Waals surface area contributed by atoms with Crippen molar-refractivity contribution in [2.24, 2.45) is 12.8 Å². The monoisotopic (exact) mass is 192 g/mol. The number of aryl methyl sites for hydroxylation is 1. The fourth-order valence-electron chi connectivity index (χ4n) is 1.25. The van der Waals surface area contributed by atoms with E-state index in [-0.39, 0.29) is 6.04 Å². The van der Waals surface area contributed by atoms with Gasteiger partial charge in [0.25, 0.3) is 0 Å². The third kappa shape index (κ3) is 1.39. The quantitative estimate of drug-likeness (QED) is 0.728. The Labute approximate surface area is 81.3 Å². The smallest absolute Gasteiger partial charge is 0.177 e. The van der Waals surface area contributed by atoms with Crippen molar-refractivity contribution >= 4 is 0 Å². The van der Waals surface area contributed by atoms with Crippen molar-refractivity contribution in [1.29, 1.82) is 0 Å². The van der Waals surface area contributed by atoms with E-state index in [0.29, 0.717) is 0 Å². The van der Waals surface area contributed by atoms with E-state index >= 15 is 0 Å². The highest BCUT2D eigenvalue weighted by atomic mass is 15.5. The summed E-state index contributed by atoms with van der Waals surface area (Å²) in [7, 11) is 1.85. The summed E-state index contributed by atoms with van der Waals surface area (Å²) in [5, 5.41) is 12.0. The van der Waals surface area contributed by atoms with Gasteiger partial charge < -0.3 is 5.73 Å². The first-order valence-corrected chi connectivity index (χ1v) is 4.34. The highest BCUT2D eigenvalue weighted by Gasteiger charge is 2.11. The molecule has 2 aromatic rings. The third-order valence-corrected chi connectivity index (χ3v) is 1.96. The molecule has 0 spiro atoms. The molecule has 2 aromatic heterocycles. The molecule has 74 valence electrons. The van der Waals surface area contributed by atoms with Gasteiger partial charge in [-0.05, 0) is 6.92 Å². The van der Waals surface area contributed by atoms with Gasteiger partial charge in [-0.15, -0.1) is 5.10 Å². The van der Waals surface area contributed by atoms with Gasteiger partial charge in [-0.2, -0.15) is 9.78 Å². The molecule has 1 atom stereocenters. The molecule has 2 heterocycles. The molecular formula is C8H12N6. The van der Waals surface area contributed by atoms with Gasteiger partial charge in [-0.1, -0.05) is 5.21 Å². The summed E-state index contributed by atoms with van der Waals surface area (Å²) in [4.78, 5) is 0. The molecule has 0 aliphatic heterocycles. The number of aromatic nitrogens is 5. The van der Waals surface area contributed by atoms with Gasteiger partial charge in [0.1, 0.15) is 0 Å². The van der Waals surface area contributed by atoms with Crippen molar-refractivity contribution in [2.75, 3.05) is 0 Å². The predicted molar refractivity (Wildman–Crippen MR) is 50.7 cm³/mol. The summed E-state index contributed by atoms with van der Waals surface area (Å²) in [5.74, 6) is 0.734. The zero-order chi connectivity index (χ0) is 10.1. The zero-order valence-electron chi connectivity index (χ0n) is 8.12. The van der Waals surface area contributed by atoms with Crippen LogP contribution in [0.15, 0.2) is 18.5 Å². The molecule has 0 aliphatic carbocycles. The van der Waals surface area contributed by atoms with Crippen molar-refractivity contribution in [3.63, 3.8) is 0 Å². The molecule has 0 amide bonds. The lowest BCUT2D eigenvalue weighted by molar-refractivity contribution is 0.665. The summed E-state index contributed by atoms with van der Waals surface area (Å²) in [5.41, 5.74) is 6.62. The second kappa shape index (κ2) is 3.22. The van der Waals surface area contributed by atoms with Gasteiger partial charge in [0.2, 0.25) is 0 Å². The average Bonchev–Trinajstić information content (AvgIpc) is 2.70. The van der Waals surface area contributed by atoms with Crippen molar-refractivity contribution in [3.05, 3.63) is 24.2 Å². The molecular weight excluding hydrogens is 180 g/mol. The molecule has 0 aromatic carbocycles. The zero-order valence-corrected chi connectivity index (χ0v) is 8.12. The number of nitrogens with two attached hydrogens (primary N) is 1. The van der Waals surface area contributed by atoms with E-state index in [1.165, 1.54) is 0 Å². The fourth-order valence-corrected chi connectivity index (χ4v) is 1.25. The van der Waals surface area contributed by atoms with Gasteiger partial charge in [0, 0.05) is 25.4 Å². The first-order valence-electron chi connectivity index (χ1n) is 4.34. The fraction of sp³-hybridized carbons (Fsp3) is 0.375. The van der Waals surface area contributed by atoms with E-state index in [9.17, 15) is 0 Å². The van der Waals surface area contributed by atoms with Crippen molar-refractivity contribution < 1.29 is 0 Å². The summed E-state index contributed by atoms with van der Waals surface area (Å²) < 4.78 is 3.35. The summed E-state index contributed by atoms with van der Waals surface area (Å²) >= 11 is 0. The van der Waals surface area contributed by atoms with Crippen LogP contribution in [0.4, 0.5) is 0 Å². The first-order chi connectivity index (χ1) is 6.68. The molecule has 0 unspecified atom stereocenters. The van der Waals surface area contributed by atoms with Crippen molar-refractivity contribution in [1.82, 2.24) is 24.8 Å². The largest absolute Gasteiger partial charge is 0.323 e. The van der Waals surface area contributed by atoms with Crippen LogP contribution < -0.4 is 5.73 Å². The molecule has 2 rings (SSSR count). The SMILES string of the molecule is C[C@H](N)c1cnnn1-c1ccn(C)n1. The Kier molecular flexibility index (Phi) is 2.05. The standard InChI is InChI=1S/C8H12N6/c1-6(9)7-5-10-12-14(7)8-3-4-13(2)11-8/h3-6H,9H2,1-2H3/t6-/m0/s1. The van der Waals surface area contributed by atoms with Gasteiger partial charge >= 0.3 is 0 Å². The Bertz CT molecular complexity index is 426. The Morgan fingerprint density at radius 2 is 2.29 bits per heavy atom. The predicted octanol–water partition coefficient (Wildman–Crippen LogP) is 0.0205. The van der Waals surface area contributed by atoms with Gasteiger partial charge in [-0.25, -0.2) is 0 Å².